The molecule has 0 N–H and O–H groups in total. The molecule has 8 aromatic rings. The third-order valence-electron chi connectivity index (χ3n) is 7.84. The molecule has 0 bridgehead atoms. The maximum absolute atomic E-state index is 7.35. The first-order chi connectivity index (χ1) is 23.1. The second-order valence-electron chi connectivity index (χ2n) is 12.0. The van der Waals surface area contributed by atoms with Crippen molar-refractivity contribution >= 4 is 46.2 Å². The number of hydrogen-bond donors (Lipinski definition) is 0. The van der Waals surface area contributed by atoms with Crippen LogP contribution in [0.2, 0.25) is 19.6 Å². The van der Waals surface area contributed by atoms with E-state index in [4.69, 9.17) is 13.5 Å². The number of furan rings is 1. The zero-order valence-electron chi connectivity index (χ0n) is 28.7. The van der Waals surface area contributed by atoms with E-state index in [9.17, 15) is 0 Å². The van der Waals surface area contributed by atoms with E-state index in [1.807, 2.05) is 79.0 Å². The number of aryl methyl sites for hydroxylation is 1. The third-order valence-corrected chi connectivity index (χ3v) is 9.87. The van der Waals surface area contributed by atoms with E-state index in [1.165, 1.54) is 11.3 Å². The average Bonchev–Trinajstić information content (AvgIpc) is 3.67. The van der Waals surface area contributed by atoms with Gasteiger partial charge in [-0.05, 0) is 46.6 Å². The van der Waals surface area contributed by atoms with Crippen LogP contribution in [0.1, 0.15) is 9.68 Å². The summed E-state index contributed by atoms with van der Waals surface area (Å²) in [4.78, 5) is 9.38. The molecule has 46 heavy (non-hydrogen) atoms. The Morgan fingerprint density at radius 1 is 0.739 bits per heavy atom. The molecule has 0 saturated heterocycles. The zero-order chi connectivity index (χ0) is 33.5. The Morgan fingerprint density at radius 3 is 2.24 bits per heavy atom. The van der Waals surface area contributed by atoms with Crippen molar-refractivity contribution in [2.24, 2.45) is 0 Å². The van der Waals surface area contributed by atoms with E-state index in [-0.39, 0.29) is 20.1 Å². The van der Waals surface area contributed by atoms with Gasteiger partial charge in [0.1, 0.15) is 5.58 Å². The number of hydrogen-bond acceptors (Lipinski definition) is 3. The van der Waals surface area contributed by atoms with Crippen molar-refractivity contribution in [1.82, 2.24) is 14.5 Å². The molecule has 6 heteroatoms. The van der Waals surface area contributed by atoms with Crippen LogP contribution >= 0.6 is 0 Å². The molecule has 0 atom stereocenters. The normalized spacial score (nSPS) is 12.5. The summed E-state index contributed by atoms with van der Waals surface area (Å²) >= 11 is 0. The van der Waals surface area contributed by atoms with Gasteiger partial charge < -0.3 is 14.0 Å². The molecule has 0 aliphatic rings. The fraction of sp³-hybridized carbons (Fsp3) is 0.100. The zero-order valence-corrected chi connectivity index (χ0v) is 29.1. The number of benzene rings is 5. The van der Waals surface area contributed by atoms with Crippen molar-refractivity contribution in [3.05, 3.63) is 145 Å². The Balaban J connectivity index is 0.000000177. The number of para-hydroxylation sites is 4. The van der Waals surface area contributed by atoms with Crippen molar-refractivity contribution in [3.63, 3.8) is 0 Å². The van der Waals surface area contributed by atoms with E-state index in [0.717, 1.165) is 61.3 Å². The summed E-state index contributed by atoms with van der Waals surface area (Å²) in [6, 6.07) is 46.1. The van der Waals surface area contributed by atoms with E-state index < -0.39 is 14.9 Å². The molecule has 1 radical (unpaired) electrons. The van der Waals surface area contributed by atoms with Crippen molar-refractivity contribution in [3.8, 4) is 28.3 Å². The quantitative estimate of drug-likeness (QED) is 0.132. The first-order valence-corrected chi connectivity index (χ1v) is 18.4. The first kappa shape index (κ1) is 27.7. The molecular formula is C40H33IrN3OSi-2. The summed E-state index contributed by atoms with van der Waals surface area (Å²) in [5.74, 6) is 0.856. The van der Waals surface area contributed by atoms with Crippen LogP contribution < -0.4 is 5.19 Å². The Kier molecular flexibility index (Phi) is 7.83. The molecule has 0 aliphatic heterocycles. The van der Waals surface area contributed by atoms with E-state index >= 15 is 0 Å². The van der Waals surface area contributed by atoms with Gasteiger partial charge in [-0.25, -0.2) is 0 Å². The van der Waals surface area contributed by atoms with Crippen molar-refractivity contribution < 1.29 is 28.6 Å². The third kappa shape index (κ3) is 6.25. The standard InChI is InChI=1S/C25H15N2O.C15H18NSi.Ir/c1-2-8-18(9-3-1)27-22-12-6-5-11-21(22)26-25(27)17-14-15-20-19-10-4-7-13-23(19)28-24(20)16-17;1-12-5-7-13(8-6-12)15-10-9-14(11-16-15)17(2,3)4;/h1-13,15-16H;5-7,9-11H,1-4H3;/q2*-1;/i;1D3;. The first-order valence-electron chi connectivity index (χ1n) is 16.4. The van der Waals surface area contributed by atoms with Gasteiger partial charge in [-0.15, -0.1) is 53.1 Å². The van der Waals surface area contributed by atoms with Gasteiger partial charge in [-0.2, -0.15) is 0 Å². The molecule has 0 amide bonds. The minimum absolute atomic E-state index is 0. The molecule has 3 heterocycles. The molecule has 5 aromatic carbocycles. The van der Waals surface area contributed by atoms with Crippen LogP contribution in [0.25, 0.3) is 61.3 Å². The summed E-state index contributed by atoms with van der Waals surface area (Å²) in [6.07, 6.45) is 1.92. The van der Waals surface area contributed by atoms with Gasteiger partial charge >= 0.3 is 0 Å². The maximum Gasteiger partial charge on any atom is 0.123 e. The number of aromatic nitrogens is 3. The maximum atomic E-state index is 7.35. The van der Waals surface area contributed by atoms with Crippen LogP contribution in [0, 0.1) is 19.0 Å². The number of pyridine rings is 1. The average molecular weight is 795 g/mol. The molecule has 229 valence electrons. The number of nitrogens with zero attached hydrogens (tertiary/aromatic N) is 3. The van der Waals surface area contributed by atoms with Gasteiger partial charge in [-0.3, -0.25) is 4.98 Å². The van der Waals surface area contributed by atoms with Gasteiger partial charge in [0.15, 0.2) is 0 Å². The van der Waals surface area contributed by atoms with Crippen LogP contribution in [-0.2, 0) is 20.1 Å². The van der Waals surface area contributed by atoms with Crippen molar-refractivity contribution in [2.45, 2.75) is 26.5 Å². The number of rotatable bonds is 4. The second-order valence-corrected chi connectivity index (χ2v) is 17.1. The van der Waals surface area contributed by atoms with Gasteiger partial charge in [-0.1, -0.05) is 98.6 Å². The smallest absolute Gasteiger partial charge is 0.123 e. The fourth-order valence-corrected chi connectivity index (χ4v) is 6.45. The molecule has 0 fully saturated rings. The van der Waals surface area contributed by atoms with Gasteiger partial charge in [0, 0.05) is 36.1 Å². The Hall–Kier alpha value is -4.61. The van der Waals surface area contributed by atoms with E-state index in [0.29, 0.717) is 5.56 Å². The number of imidazole rings is 1. The summed E-state index contributed by atoms with van der Waals surface area (Å²) in [5, 5.41) is 3.49. The molecule has 0 spiro atoms. The van der Waals surface area contributed by atoms with Gasteiger partial charge in [0.2, 0.25) is 0 Å². The minimum Gasteiger partial charge on any atom is -0.476 e. The predicted octanol–water partition coefficient (Wildman–Crippen LogP) is 9.79. The van der Waals surface area contributed by atoms with Gasteiger partial charge in [0.25, 0.3) is 0 Å². The Morgan fingerprint density at radius 2 is 1.50 bits per heavy atom. The van der Waals surface area contributed by atoms with E-state index in [2.05, 4.69) is 71.7 Å². The van der Waals surface area contributed by atoms with Gasteiger partial charge in [0.05, 0.1) is 30.5 Å². The largest absolute Gasteiger partial charge is 0.476 e. The van der Waals surface area contributed by atoms with Crippen LogP contribution in [0.4, 0.5) is 0 Å². The SMILES string of the molecule is [2H]C([2H])([2H])c1c[c-]c(-c2ccc([Si](C)(C)C)cn2)cc1.[Ir].[c-]1cc2c(cc1-c1nc3ccccc3n1-c1ccccc1)oc1ccccc12. The molecule has 4 nitrogen and oxygen atoms in total. The molecular weight excluding hydrogens is 759 g/mol. The van der Waals surface area contributed by atoms with Crippen LogP contribution in [0.3, 0.4) is 0 Å². The molecule has 0 aliphatic carbocycles. The molecule has 3 aromatic heterocycles. The summed E-state index contributed by atoms with van der Waals surface area (Å²) < 4.78 is 30.3. The topological polar surface area (TPSA) is 43.9 Å². The van der Waals surface area contributed by atoms with Crippen molar-refractivity contribution in [2.75, 3.05) is 0 Å². The Labute approximate surface area is 288 Å². The summed E-state index contributed by atoms with van der Waals surface area (Å²) in [5.41, 5.74) is 7.70. The van der Waals surface area contributed by atoms with Crippen LogP contribution in [0.15, 0.2) is 132 Å². The van der Waals surface area contributed by atoms with Crippen LogP contribution in [0.5, 0.6) is 0 Å². The summed E-state index contributed by atoms with van der Waals surface area (Å²) in [7, 11) is -1.34. The second kappa shape index (κ2) is 13.0. The fourth-order valence-electron chi connectivity index (χ4n) is 5.42. The van der Waals surface area contributed by atoms with E-state index in [1.54, 1.807) is 12.1 Å². The monoisotopic (exact) mass is 795 g/mol. The Bertz CT molecular complexity index is 2310. The predicted molar refractivity (Wildman–Crippen MR) is 189 cm³/mol. The molecule has 8 rings (SSSR count). The molecule has 0 unspecified atom stereocenters. The van der Waals surface area contributed by atoms with Crippen molar-refractivity contribution in [1.29, 1.82) is 0 Å². The summed E-state index contributed by atoms with van der Waals surface area (Å²) in [6.45, 7) is 4.76. The van der Waals surface area contributed by atoms with Crippen LogP contribution in [-0.4, -0.2) is 22.6 Å². The minimum atomic E-state index is -2.08. The number of fused-ring (bicyclic) bond motifs is 4. The molecule has 0 saturated carbocycles.